The first kappa shape index (κ1) is 24.0. The second-order valence-corrected chi connectivity index (χ2v) is 10.2. The highest BCUT2D eigenvalue weighted by atomic mass is 35.5. The number of hydrogen-bond donors (Lipinski definition) is 0. The molecular weight excluding hydrogens is 546 g/mol. The summed E-state index contributed by atoms with van der Waals surface area (Å²) < 4.78 is 5.96. The van der Waals surface area contributed by atoms with Crippen molar-refractivity contribution in [3.05, 3.63) is 110 Å². The molecule has 0 bridgehead atoms. The molecule has 35 heavy (non-hydrogen) atoms. The molecule has 2 heterocycles. The van der Waals surface area contributed by atoms with Gasteiger partial charge in [0.15, 0.2) is 5.17 Å². The van der Waals surface area contributed by atoms with E-state index in [9.17, 15) is 4.79 Å². The monoisotopic (exact) mass is 558 g/mol. The van der Waals surface area contributed by atoms with Gasteiger partial charge in [0.25, 0.3) is 5.91 Å². The predicted octanol–water partition coefficient (Wildman–Crippen LogP) is 9.37. The Morgan fingerprint density at radius 2 is 1.46 bits per heavy atom. The van der Waals surface area contributed by atoms with E-state index in [2.05, 4.69) is 4.99 Å². The van der Waals surface area contributed by atoms with Crippen LogP contribution < -0.4 is 4.90 Å². The lowest BCUT2D eigenvalue weighted by Gasteiger charge is -2.15. The van der Waals surface area contributed by atoms with Crippen LogP contribution in [-0.2, 0) is 4.79 Å². The van der Waals surface area contributed by atoms with E-state index in [0.717, 1.165) is 0 Å². The van der Waals surface area contributed by atoms with Crippen LogP contribution in [0.1, 0.15) is 5.76 Å². The molecule has 0 spiro atoms. The first-order valence-electron chi connectivity index (χ1n) is 10.3. The minimum Gasteiger partial charge on any atom is -0.457 e. The van der Waals surface area contributed by atoms with Crippen LogP contribution >= 0.6 is 58.2 Å². The van der Waals surface area contributed by atoms with Crippen LogP contribution in [0.15, 0.2) is 93.2 Å². The fourth-order valence-corrected chi connectivity index (χ4v) is 5.00. The van der Waals surface area contributed by atoms with Crippen LogP contribution in [0.5, 0.6) is 0 Å². The standard InChI is InChI=1S/C26H14Cl4N2O2S/c27-15-1-6-18(7-2-15)31-26-32(19-8-3-16(28)4-9-19)25(33)24(35-26)14-20-10-12-23(34-20)21-13-17(29)5-11-22(21)30/h1-14H/b24-14+,31-26?. The van der Waals surface area contributed by atoms with Gasteiger partial charge in [-0.1, -0.05) is 46.4 Å². The molecule has 3 aromatic carbocycles. The van der Waals surface area contributed by atoms with Crippen molar-refractivity contribution in [2.75, 3.05) is 4.90 Å². The number of furan rings is 1. The van der Waals surface area contributed by atoms with E-state index in [-0.39, 0.29) is 5.91 Å². The van der Waals surface area contributed by atoms with Crippen molar-refractivity contribution in [3.8, 4) is 11.3 Å². The van der Waals surface area contributed by atoms with E-state index in [1.165, 1.54) is 11.8 Å². The van der Waals surface area contributed by atoms with Gasteiger partial charge in [-0.05, 0) is 90.6 Å². The van der Waals surface area contributed by atoms with Crippen LogP contribution in [0.4, 0.5) is 11.4 Å². The predicted molar refractivity (Wildman–Crippen MR) is 147 cm³/mol. The summed E-state index contributed by atoms with van der Waals surface area (Å²) in [6.45, 7) is 0. The lowest BCUT2D eigenvalue weighted by molar-refractivity contribution is -0.113. The molecule has 1 aromatic heterocycles. The fourth-order valence-electron chi connectivity index (χ4n) is 3.38. The third kappa shape index (κ3) is 5.30. The average molecular weight is 560 g/mol. The van der Waals surface area contributed by atoms with Gasteiger partial charge in [-0.15, -0.1) is 0 Å². The number of thioether (sulfide) groups is 1. The molecule has 0 radical (unpaired) electrons. The van der Waals surface area contributed by atoms with E-state index in [4.69, 9.17) is 50.8 Å². The van der Waals surface area contributed by atoms with Gasteiger partial charge < -0.3 is 4.42 Å². The van der Waals surface area contributed by atoms with Crippen molar-refractivity contribution in [2.45, 2.75) is 0 Å². The number of nitrogens with zero attached hydrogens (tertiary/aromatic N) is 2. The fraction of sp³-hybridized carbons (Fsp3) is 0. The Kier molecular flexibility index (Phi) is 6.96. The van der Waals surface area contributed by atoms with Crippen LogP contribution in [0.2, 0.25) is 20.1 Å². The lowest BCUT2D eigenvalue weighted by Crippen LogP contribution is -2.28. The molecule has 0 aliphatic carbocycles. The number of halogens is 4. The third-order valence-corrected chi connectivity index (χ3v) is 7.07. The number of hydrogen-bond acceptors (Lipinski definition) is 4. The topological polar surface area (TPSA) is 45.8 Å². The van der Waals surface area contributed by atoms with Crippen molar-refractivity contribution in [2.24, 2.45) is 4.99 Å². The summed E-state index contributed by atoms with van der Waals surface area (Å²) in [4.78, 5) is 20.1. The highest BCUT2D eigenvalue weighted by molar-refractivity contribution is 8.19. The third-order valence-electron chi connectivity index (χ3n) is 5.04. The number of aliphatic imine (C=N–C) groups is 1. The summed E-state index contributed by atoms with van der Waals surface area (Å²) in [5.41, 5.74) is 1.98. The van der Waals surface area contributed by atoms with Crippen molar-refractivity contribution >= 4 is 86.7 Å². The molecule has 4 nitrogen and oxygen atoms in total. The molecule has 0 unspecified atom stereocenters. The maximum Gasteiger partial charge on any atom is 0.271 e. The Bertz CT molecular complexity index is 1480. The van der Waals surface area contributed by atoms with Crippen LogP contribution in [-0.4, -0.2) is 11.1 Å². The number of amidine groups is 1. The van der Waals surface area contributed by atoms with E-state index < -0.39 is 0 Å². The van der Waals surface area contributed by atoms with Crippen molar-refractivity contribution in [1.29, 1.82) is 0 Å². The maximum atomic E-state index is 13.4. The zero-order valence-corrected chi connectivity index (χ0v) is 21.6. The Balaban J connectivity index is 1.52. The highest BCUT2D eigenvalue weighted by Crippen LogP contribution is 2.39. The average Bonchev–Trinajstić information content (AvgIpc) is 3.42. The second-order valence-electron chi connectivity index (χ2n) is 7.42. The normalized spacial score (nSPS) is 16.0. The second kappa shape index (κ2) is 10.1. The summed E-state index contributed by atoms with van der Waals surface area (Å²) in [7, 11) is 0. The molecule has 1 fully saturated rings. The first-order chi connectivity index (χ1) is 16.9. The largest absolute Gasteiger partial charge is 0.457 e. The van der Waals surface area contributed by atoms with Gasteiger partial charge in [-0.3, -0.25) is 9.69 Å². The maximum absolute atomic E-state index is 13.4. The van der Waals surface area contributed by atoms with Crippen molar-refractivity contribution in [1.82, 2.24) is 0 Å². The summed E-state index contributed by atoms with van der Waals surface area (Å²) in [5.74, 6) is 0.809. The molecule has 0 N–H and O–H groups in total. The minimum atomic E-state index is -0.233. The number of amides is 1. The van der Waals surface area contributed by atoms with Gasteiger partial charge in [-0.25, -0.2) is 4.99 Å². The summed E-state index contributed by atoms with van der Waals surface area (Å²) in [6, 6.07) is 22.8. The van der Waals surface area contributed by atoms with Crippen molar-refractivity contribution in [3.63, 3.8) is 0 Å². The smallest absolute Gasteiger partial charge is 0.271 e. The summed E-state index contributed by atoms with van der Waals surface area (Å²) in [6.07, 6.45) is 1.68. The van der Waals surface area contributed by atoms with Crippen LogP contribution in [0.25, 0.3) is 17.4 Å². The number of carbonyl (C=O) groups is 1. The van der Waals surface area contributed by atoms with Gasteiger partial charge in [0.2, 0.25) is 0 Å². The number of carbonyl (C=O) groups excluding carboxylic acids is 1. The number of rotatable bonds is 4. The quantitative estimate of drug-likeness (QED) is 0.234. The molecule has 1 aliphatic heterocycles. The Morgan fingerprint density at radius 1 is 0.800 bits per heavy atom. The first-order valence-corrected chi connectivity index (χ1v) is 12.6. The molecular formula is C26H14Cl4N2O2S. The van der Waals surface area contributed by atoms with Crippen LogP contribution in [0, 0.1) is 0 Å². The zero-order chi connectivity index (χ0) is 24.5. The molecule has 0 atom stereocenters. The van der Waals surface area contributed by atoms with E-state index in [1.54, 1.807) is 89.8 Å². The van der Waals surface area contributed by atoms with Gasteiger partial charge >= 0.3 is 0 Å². The molecule has 1 amide bonds. The van der Waals surface area contributed by atoms with Gasteiger partial charge in [-0.2, -0.15) is 0 Å². The van der Waals surface area contributed by atoms with E-state index in [0.29, 0.717) is 58.6 Å². The molecule has 5 rings (SSSR count). The summed E-state index contributed by atoms with van der Waals surface area (Å²) >= 11 is 25.7. The molecule has 0 saturated carbocycles. The number of anilines is 1. The molecule has 9 heteroatoms. The SMILES string of the molecule is O=C1/C(=C\c2ccc(-c3cc(Cl)ccc3Cl)o2)SC(=Nc2ccc(Cl)cc2)N1c1ccc(Cl)cc1. The molecule has 174 valence electrons. The Labute approximate surface area is 225 Å². The Morgan fingerprint density at radius 3 is 2.17 bits per heavy atom. The molecule has 1 saturated heterocycles. The van der Waals surface area contributed by atoms with Crippen LogP contribution in [0.3, 0.4) is 0 Å². The van der Waals surface area contributed by atoms with E-state index >= 15 is 0 Å². The molecule has 4 aromatic rings. The number of benzene rings is 3. The molecule has 1 aliphatic rings. The minimum absolute atomic E-state index is 0.233. The van der Waals surface area contributed by atoms with Gasteiger partial charge in [0.1, 0.15) is 11.5 Å². The van der Waals surface area contributed by atoms with Crippen molar-refractivity contribution < 1.29 is 9.21 Å². The Hall–Kier alpha value is -2.67. The summed E-state index contributed by atoms with van der Waals surface area (Å²) in [5, 5.41) is 2.73. The zero-order valence-electron chi connectivity index (χ0n) is 17.7. The lowest BCUT2D eigenvalue weighted by atomic mass is 10.2. The van der Waals surface area contributed by atoms with Gasteiger partial charge in [0, 0.05) is 26.7 Å². The van der Waals surface area contributed by atoms with E-state index in [1.807, 2.05) is 0 Å². The highest BCUT2D eigenvalue weighted by Gasteiger charge is 2.35. The van der Waals surface area contributed by atoms with Gasteiger partial charge in [0.05, 0.1) is 21.3 Å².